The number of anilines is 1. The quantitative estimate of drug-likeness (QED) is 0.593. The molecular weight excluding hydrogens is 363 g/mol. The van der Waals surface area contributed by atoms with Crippen LogP contribution in [-0.2, 0) is 16.6 Å². The molecule has 21 heavy (non-hydrogen) atoms. The molecule has 0 amide bonds. The average Bonchev–Trinajstić information content (AvgIpc) is 2.92. The lowest BCUT2D eigenvalue weighted by atomic mass is 10.3. The second-order valence-corrected chi connectivity index (χ2v) is 6.95. The average molecular weight is 377 g/mol. The molecule has 0 radical (unpaired) electrons. The Bertz CT molecular complexity index is 719. The van der Waals surface area contributed by atoms with E-state index in [2.05, 4.69) is 25.6 Å². The molecule has 0 atom stereocenters. The van der Waals surface area contributed by atoms with Crippen molar-refractivity contribution >= 4 is 31.6 Å². The fourth-order valence-corrected chi connectivity index (χ4v) is 3.20. The van der Waals surface area contributed by atoms with E-state index in [1.165, 1.54) is 0 Å². The van der Waals surface area contributed by atoms with Crippen LogP contribution in [0.1, 0.15) is 6.42 Å². The highest BCUT2D eigenvalue weighted by atomic mass is 79.9. The molecule has 0 aliphatic carbocycles. The zero-order valence-corrected chi connectivity index (χ0v) is 13.4. The molecule has 0 unspecified atom stereocenters. The first kappa shape index (κ1) is 15.9. The Balaban J connectivity index is 2.00. The van der Waals surface area contributed by atoms with Crippen LogP contribution < -0.4 is 10.5 Å². The van der Waals surface area contributed by atoms with Crippen molar-refractivity contribution in [1.82, 2.24) is 14.3 Å². The van der Waals surface area contributed by atoms with Crippen LogP contribution >= 0.6 is 15.9 Å². The molecule has 9 heteroatoms. The first-order chi connectivity index (χ1) is 9.90. The summed E-state index contributed by atoms with van der Waals surface area (Å²) in [6.07, 6.45) is 5.63. The summed E-state index contributed by atoms with van der Waals surface area (Å²) in [6, 6.07) is 2.13. The van der Waals surface area contributed by atoms with Gasteiger partial charge in [0, 0.05) is 35.6 Å². The van der Waals surface area contributed by atoms with Crippen molar-refractivity contribution in [3.05, 3.63) is 41.1 Å². The van der Waals surface area contributed by atoms with Gasteiger partial charge in [0.25, 0.3) is 0 Å². The van der Waals surface area contributed by atoms with E-state index in [0.717, 1.165) is 12.1 Å². The van der Waals surface area contributed by atoms with Gasteiger partial charge in [0.15, 0.2) is 0 Å². The van der Waals surface area contributed by atoms with Crippen LogP contribution in [0.5, 0.6) is 0 Å². The largest absolute Gasteiger partial charge is 0.398 e. The maximum Gasteiger partial charge on any atom is 0.243 e. The molecule has 0 aliphatic rings. The fraction of sp³-hybridized carbons (Fsp3) is 0.250. The number of aromatic nitrogens is 2. The van der Waals surface area contributed by atoms with Crippen LogP contribution in [0.2, 0.25) is 0 Å². The first-order valence-electron chi connectivity index (χ1n) is 6.10. The highest BCUT2D eigenvalue weighted by molar-refractivity contribution is 9.10. The number of halogens is 2. The molecule has 2 aromatic rings. The van der Waals surface area contributed by atoms with Crippen molar-refractivity contribution in [2.24, 2.45) is 0 Å². The maximum atomic E-state index is 13.7. The summed E-state index contributed by atoms with van der Waals surface area (Å²) in [4.78, 5) is 3.43. The number of sulfonamides is 1. The van der Waals surface area contributed by atoms with E-state index in [4.69, 9.17) is 5.73 Å². The molecule has 0 bridgehead atoms. The summed E-state index contributed by atoms with van der Waals surface area (Å²) < 4.78 is 42.3. The Kier molecular flexibility index (Phi) is 4.96. The van der Waals surface area contributed by atoms with E-state index in [-0.39, 0.29) is 12.2 Å². The molecule has 114 valence electrons. The standard InChI is InChI=1S/C12H14BrFN4O2S/c13-9-6-10(14)12(7-11(9)15)21(19,20)17-2-1-4-18-5-3-16-8-18/h3,5-8,17H,1-2,4,15H2. The number of hydrogen-bond donors (Lipinski definition) is 2. The highest BCUT2D eigenvalue weighted by Gasteiger charge is 2.20. The third-order valence-electron chi connectivity index (χ3n) is 2.79. The van der Waals surface area contributed by atoms with E-state index in [0.29, 0.717) is 17.4 Å². The lowest BCUT2D eigenvalue weighted by Gasteiger charge is -2.09. The number of nitrogens with two attached hydrogens (primary N) is 1. The van der Waals surface area contributed by atoms with Crippen molar-refractivity contribution in [1.29, 1.82) is 0 Å². The van der Waals surface area contributed by atoms with Crippen LogP contribution in [0.15, 0.2) is 40.2 Å². The molecule has 0 aliphatic heterocycles. The third-order valence-corrected chi connectivity index (χ3v) is 4.95. The van der Waals surface area contributed by atoms with Gasteiger partial charge in [0.05, 0.1) is 6.33 Å². The minimum absolute atomic E-state index is 0.162. The molecular formula is C12H14BrFN4O2S. The molecule has 1 aromatic carbocycles. The van der Waals surface area contributed by atoms with E-state index >= 15 is 0 Å². The van der Waals surface area contributed by atoms with Gasteiger partial charge in [-0.05, 0) is 34.5 Å². The Hall–Kier alpha value is -1.45. The molecule has 0 spiro atoms. The number of benzene rings is 1. The van der Waals surface area contributed by atoms with Gasteiger partial charge in [0.1, 0.15) is 10.7 Å². The smallest absolute Gasteiger partial charge is 0.243 e. The summed E-state index contributed by atoms with van der Waals surface area (Å²) in [5.74, 6) is -0.849. The Morgan fingerprint density at radius 2 is 2.19 bits per heavy atom. The number of nitrogen functional groups attached to an aromatic ring is 1. The number of aryl methyl sites for hydroxylation is 1. The molecule has 1 aromatic heterocycles. The molecule has 1 heterocycles. The molecule has 0 saturated heterocycles. The normalized spacial score (nSPS) is 11.7. The lowest BCUT2D eigenvalue weighted by Crippen LogP contribution is -2.26. The van der Waals surface area contributed by atoms with Gasteiger partial charge < -0.3 is 10.3 Å². The monoisotopic (exact) mass is 376 g/mol. The van der Waals surface area contributed by atoms with Gasteiger partial charge in [-0.2, -0.15) is 0 Å². The topological polar surface area (TPSA) is 90.0 Å². The van der Waals surface area contributed by atoms with Crippen LogP contribution in [0, 0.1) is 5.82 Å². The van der Waals surface area contributed by atoms with Crippen LogP contribution in [0.25, 0.3) is 0 Å². The minimum atomic E-state index is -3.92. The van der Waals surface area contributed by atoms with Gasteiger partial charge in [-0.1, -0.05) is 0 Å². The Morgan fingerprint density at radius 3 is 2.86 bits per heavy atom. The fourth-order valence-electron chi connectivity index (χ4n) is 1.72. The Labute approximate surface area is 130 Å². The van der Waals surface area contributed by atoms with E-state index in [1.54, 1.807) is 18.7 Å². The van der Waals surface area contributed by atoms with Gasteiger partial charge in [-0.15, -0.1) is 0 Å². The lowest BCUT2D eigenvalue weighted by molar-refractivity contribution is 0.550. The first-order valence-corrected chi connectivity index (χ1v) is 8.37. The van der Waals surface area contributed by atoms with Gasteiger partial charge >= 0.3 is 0 Å². The zero-order valence-electron chi connectivity index (χ0n) is 11.0. The van der Waals surface area contributed by atoms with Gasteiger partial charge in [-0.3, -0.25) is 0 Å². The number of rotatable bonds is 6. The third kappa shape index (κ3) is 4.02. The predicted molar refractivity (Wildman–Crippen MR) is 80.5 cm³/mol. The molecule has 0 fully saturated rings. The number of hydrogen-bond acceptors (Lipinski definition) is 4. The maximum absolute atomic E-state index is 13.7. The number of nitrogens with zero attached hydrogens (tertiary/aromatic N) is 2. The number of imidazole rings is 1. The molecule has 2 rings (SSSR count). The predicted octanol–water partition coefficient (Wildman–Crippen LogP) is 1.74. The van der Waals surface area contributed by atoms with E-state index in [9.17, 15) is 12.8 Å². The number of nitrogens with one attached hydrogen (secondary N) is 1. The van der Waals surface area contributed by atoms with Crippen LogP contribution in [-0.4, -0.2) is 24.5 Å². The van der Waals surface area contributed by atoms with Crippen molar-refractivity contribution < 1.29 is 12.8 Å². The molecule has 0 saturated carbocycles. The van der Waals surface area contributed by atoms with Crippen LogP contribution in [0.3, 0.4) is 0 Å². The summed E-state index contributed by atoms with van der Waals surface area (Å²) in [7, 11) is -3.92. The summed E-state index contributed by atoms with van der Waals surface area (Å²) in [5.41, 5.74) is 5.75. The second-order valence-electron chi connectivity index (χ2n) is 4.36. The SMILES string of the molecule is Nc1cc(S(=O)(=O)NCCCn2ccnc2)c(F)cc1Br. The second kappa shape index (κ2) is 6.54. The van der Waals surface area contributed by atoms with Crippen molar-refractivity contribution in [2.45, 2.75) is 17.9 Å². The van der Waals surface area contributed by atoms with E-state index in [1.807, 2.05) is 4.57 Å². The van der Waals surface area contributed by atoms with Crippen molar-refractivity contribution in [3.63, 3.8) is 0 Å². The summed E-state index contributed by atoms with van der Waals surface area (Å²) in [6.45, 7) is 0.809. The molecule has 3 N–H and O–H groups in total. The van der Waals surface area contributed by atoms with E-state index < -0.39 is 20.7 Å². The van der Waals surface area contributed by atoms with Crippen LogP contribution in [0.4, 0.5) is 10.1 Å². The molecule has 6 nitrogen and oxygen atoms in total. The highest BCUT2D eigenvalue weighted by Crippen LogP contribution is 2.25. The van der Waals surface area contributed by atoms with Gasteiger partial charge in [-0.25, -0.2) is 22.5 Å². The summed E-state index contributed by atoms with van der Waals surface area (Å²) >= 11 is 3.04. The summed E-state index contributed by atoms with van der Waals surface area (Å²) in [5, 5.41) is 0. The Morgan fingerprint density at radius 1 is 1.43 bits per heavy atom. The van der Waals surface area contributed by atoms with Gasteiger partial charge in [0.2, 0.25) is 10.0 Å². The minimum Gasteiger partial charge on any atom is -0.398 e. The van der Waals surface area contributed by atoms with Crippen molar-refractivity contribution in [2.75, 3.05) is 12.3 Å². The zero-order chi connectivity index (χ0) is 15.5. The van der Waals surface area contributed by atoms with Crippen molar-refractivity contribution in [3.8, 4) is 0 Å².